The highest BCUT2D eigenvalue weighted by Gasteiger charge is 2.24. The lowest BCUT2D eigenvalue weighted by Crippen LogP contribution is -2.37. The lowest BCUT2D eigenvalue weighted by Gasteiger charge is -2.16. The third kappa shape index (κ3) is 3.97. The van der Waals surface area contributed by atoms with Gasteiger partial charge in [0.05, 0.1) is 4.92 Å². The van der Waals surface area contributed by atoms with Gasteiger partial charge in [0.2, 0.25) is 0 Å². The molecule has 6 nitrogen and oxygen atoms in total. The molecule has 0 saturated carbocycles. The Morgan fingerprint density at radius 3 is 2.75 bits per heavy atom. The van der Waals surface area contributed by atoms with Crippen LogP contribution < -0.4 is 5.32 Å². The first-order valence-electron chi connectivity index (χ1n) is 7.93. The first kappa shape index (κ1) is 16.1. The number of nitrogens with one attached hydrogen (secondary N) is 1. The normalized spacial score (nSPS) is 17.6. The van der Waals surface area contributed by atoms with Crippen LogP contribution in [0.2, 0.25) is 0 Å². The van der Waals surface area contributed by atoms with Gasteiger partial charge in [0.25, 0.3) is 11.6 Å². The molecular formula is C18H19N3O3. The van der Waals surface area contributed by atoms with Crippen LogP contribution in [0.3, 0.4) is 0 Å². The largest absolute Gasteiger partial charge is 0.348 e. The molecule has 0 aromatic heterocycles. The van der Waals surface area contributed by atoms with E-state index in [0.29, 0.717) is 5.56 Å². The standard InChI is InChI=1S/C18H19N3O3/c22-18(15-7-4-8-17(11-15)21(23)24)19-16-9-10-20(13-16)12-14-5-2-1-3-6-14/h1-8,11,16H,9-10,12-13H2,(H,19,22)/t16-/m0/s1. The van der Waals surface area contributed by atoms with E-state index < -0.39 is 4.92 Å². The Kier molecular flexibility index (Phi) is 4.86. The fourth-order valence-corrected chi connectivity index (χ4v) is 2.97. The zero-order valence-electron chi connectivity index (χ0n) is 13.2. The average molecular weight is 325 g/mol. The number of nitro benzene ring substituents is 1. The molecule has 1 aliphatic heterocycles. The molecule has 1 fully saturated rings. The van der Waals surface area contributed by atoms with E-state index in [9.17, 15) is 14.9 Å². The van der Waals surface area contributed by atoms with Gasteiger partial charge >= 0.3 is 0 Å². The highest BCUT2D eigenvalue weighted by Crippen LogP contribution is 2.16. The molecule has 24 heavy (non-hydrogen) atoms. The van der Waals surface area contributed by atoms with Crippen LogP contribution in [0.25, 0.3) is 0 Å². The van der Waals surface area contributed by atoms with Crippen molar-refractivity contribution < 1.29 is 9.72 Å². The number of carbonyl (C=O) groups excluding carboxylic acids is 1. The van der Waals surface area contributed by atoms with E-state index in [4.69, 9.17) is 0 Å². The maximum absolute atomic E-state index is 12.3. The van der Waals surface area contributed by atoms with Crippen LogP contribution in [-0.2, 0) is 6.54 Å². The van der Waals surface area contributed by atoms with Gasteiger partial charge in [0.1, 0.15) is 0 Å². The summed E-state index contributed by atoms with van der Waals surface area (Å²) < 4.78 is 0. The molecule has 2 aromatic rings. The zero-order valence-corrected chi connectivity index (χ0v) is 13.2. The number of non-ortho nitro benzene ring substituents is 1. The van der Waals surface area contributed by atoms with Gasteiger partial charge in [-0.3, -0.25) is 19.8 Å². The van der Waals surface area contributed by atoms with Crippen molar-refractivity contribution in [1.82, 2.24) is 10.2 Å². The molecule has 0 unspecified atom stereocenters. The van der Waals surface area contributed by atoms with E-state index in [1.54, 1.807) is 6.07 Å². The van der Waals surface area contributed by atoms with E-state index in [0.717, 1.165) is 26.1 Å². The molecule has 0 radical (unpaired) electrons. The smallest absolute Gasteiger partial charge is 0.270 e. The van der Waals surface area contributed by atoms with Crippen LogP contribution in [0, 0.1) is 10.1 Å². The third-order valence-corrected chi connectivity index (χ3v) is 4.18. The molecule has 124 valence electrons. The van der Waals surface area contributed by atoms with Gasteiger partial charge in [-0.25, -0.2) is 0 Å². The number of nitro groups is 1. The molecule has 0 aliphatic carbocycles. The van der Waals surface area contributed by atoms with Gasteiger partial charge in [-0.15, -0.1) is 0 Å². The topological polar surface area (TPSA) is 75.5 Å². The summed E-state index contributed by atoms with van der Waals surface area (Å²) in [5.74, 6) is -0.259. The lowest BCUT2D eigenvalue weighted by molar-refractivity contribution is -0.384. The minimum Gasteiger partial charge on any atom is -0.348 e. The van der Waals surface area contributed by atoms with Gasteiger partial charge in [-0.05, 0) is 18.1 Å². The summed E-state index contributed by atoms with van der Waals surface area (Å²) >= 11 is 0. The summed E-state index contributed by atoms with van der Waals surface area (Å²) in [6.45, 7) is 2.58. The summed E-state index contributed by atoms with van der Waals surface area (Å²) in [5, 5.41) is 13.8. The molecular weight excluding hydrogens is 306 g/mol. The summed E-state index contributed by atoms with van der Waals surface area (Å²) in [4.78, 5) is 24.9. The van der Waals surface area contributed by atoms with Crippen molar-refractivity contribution in [2.24, 2.45) is 0 Å². The molecule has 1 amide bonds. The predicted molar refractivity (Wildman–Crippen MR) is 90.7 cm³/mol. The SMILES string of the molecule is O=C(N[C@H]1CCN(Cc2ccccc2)C1)c1cccc([N+](=O)[O-])c1. The second-order valence-corrected chi connectivity index (χ2v) is 5.99. The van der Waals surface area contributed by atoms with E-state index in [1.165, 1.54) is 23.8 Å². The second-order valence-electron chi connectivity index (χ2n) is 5.99. The number of nitrogens with zero attached hydrogens (tertiary/aromatic N) is 2. The summed E-state index contributed by atoms with van der Waals surface area (Å²) in [5.41, 5.74) is 1.51. The van der Waals surface area contributed by atoms with Crippen LogP contribution in [0.4, 0.5) is 5.69 Å². The third-order valence-electron chi connectivity index (χ3n) is 4.18. The van der Waals surface area contributed by atoms with Crippen molar-refractivity contribution in [3.8, 4) is 0 Å². The predicted octanol–water partition coefficient (Wildman–Crippen LogP) is 2.60. The fraction of sp³-hybridized carbons (Fsp3) is 0.278. The maximum atomic E-state index is 12.3. The zero-order chi connectivity index (χ0) is 16.9. The number of hydrogen-bond acceptors (Lipinski definition) is 4. The van der Waals surface area contributed by atoms with Crippen LogP contribution in [0.5, 0.6) is 0 Å². The number of rotatable bonds is 5. The van der Waals surface area contributed by atoms with Crippen LogP contribution in [0.15, 0.2) is 54.6 Å². The van der Waals surface area contributed by atoms with Crippen molar-refractivity contribution >= 4 is 11.6 Å². The summed E-state index contributed by atoms with van der Waals surface area (Å²) in [7, 11) is 0. The number of amides is 1. The van der Waals surface area contributed by atoms with Crippen molar-refractivity contribution in [1.29, 1.82) is 0 Å². The average Bonchev–Trinajstić information content (AvgIpc) is 3.02. The number of likely N-dealkylation sites (tertiary alicyclic amines) is 1. The molecule has 2 aromatic carbocycles. The number of carbonyl (C=O) groups is 1. The van der Waals surface area contributed by atoms with Crippen LogP contribution in [0.1, 0.15) is 22.3 Å². The molecule has 1 heterocycles. The number of hydrogen-bond donors (Lipinski definition) is 1. The summed E-state index contributed by atoms with van der Waals surface area (Å²) in [6.07, 6.45) is 0.882. The minimum atomic E-state index is -0.492. The Morgan fingerprint density at radius 1 is 1.21 bits per heavy atom. The second kappa shape index (κ2) is 7.23. The molecule has 6 heteroatoms. The molecule has 1 saturated heterocycles. The first-order valence-corrected chi connectivity index (χ1v) is 7.93. The van der Waals surface area contributed by atoms with Gasteiger partial charge in [-0.1, -0.05) is 36.4 Å². The highest BCUT2D eigenvalue weighted by atomic mass is 16.6. The minimum absolute atomic E-state index is 0.0697. The Hall–Kier alpha value is -2.73. The van der Waals surface area contributed by atoms with Gasteiger partial charge in [0.15, 0.2) is 0 Å². The van der Waals surface area contributed by atoms with E-state index in [2.05, 4.69) is 22.3 Å². The molecule has 1 atom stereocenters. The van der Waals surface area contributed by atoms with E-state index in [1.807, 2.05) is 18.2 Å². The fourth-order valence-electron chi connectivity index (χ4n) is 2.97. The molecule has 3 rings (SSSR count). The van der Waals surface area contributed by atoms with Gasteiger partial charge < -0.3 is 5.32 Å². The molecule has 1 aliphatic rings. The summed E-state index contributed by atoms with van der Waals surface area (Å²) in [6, 6.07) is 16.1. The van der Waals surface area contributed by atoms with E-state index >= 15 is 0 Å². The van der Waals surface area contributed by atoms with Crippen molar-refractivity contribution in [3.05, 3.63) is 75.8 Å². The maximum Gasteiger partial charge on any atom is 0.270 e. The first-order chi connectivity index (χ1) is 11.6. The Bertz CT molecular complexity index is 733. The highest BCUT2D eigenvalue weighted by molar-refractivity contribution is 5.95. The lowest BCUT2D eigenvalue weighted by atomic mass is 10.1. The van der Waals surface area contributed by atoms with Gasteiger partial charge in [-0.2, -0.15) is 0 Å². The van der Waals surface area contributed by atoms with Crippen LogP contribution >= 0.6 is 0 Å². The van der Waals surface area contributed by atoms with Gasteiger partial charge in [0, 0.05) is 43.4 Å². The van der Waals surface area contributed by atoms with Crippen molar-refractivity contribution in [2.75, 3.05) is 13.1 Å². The molecule has 0 bridgehead atoms. The van der Waals surface area contributed by atoms with Crippen molar-refractivity contribution in [2.45, 2.75) is 19.0 Å². The molecule has 0 spiro atoms. The van der Waals surface area contributed by atoms with Crippen LogP contribution in [-0.4, -0.2) is 34.9 Å². The van der Waals surface area contributed by atoms with E-state index in [-0.39, 0.29) is 17.6 Å². The van der Waals surface area contributed by atoms with Crippen molar-refractivity contribution in [3.63, 3.8) is 0 Å². The number of benzene rings is 2. The quantitative estimate of drug-likeness (QED) is 0.677. The Morgan fingerprint density at radius 2 is 2.00 bits per heavy atom. The Labute approximate surface area is 140 Å². The molecule has 1 N–H and O–H groups in total. The Balaban J connectivity index is 1.56. The monoisotopic (exact) mass is 325 g/mol.